The van der Waals surface area contributed by atoms with Gasteiger partial charge in [-0.25, -0.2) is 0 Å². The molecule has 1 aromatic rings. The van der Waals surface area contributed by atoms with E-state index < -0.39 is 0 Å². The zero-order valence-corrected chi connectivity index (χ0v) is 12.5. The second kappa shape index (κ2) is 6.22. The van der Waals surface area contributed by atoms with Crippen LogP contribution in [-0.2, 0) is 0 Å². The number of rotatable bonds is 4. The van der Waals surface area contributed by atoms with Gasteiger partial charge in [0.1, 0.15) is 11.3 Å². The summed E-state index contributed by atoms with van der Waals surface area (Å²) in [4.78, 5) is 14.6. The molecule has 1 N–H and O–H groups in total. The number of likely N-dealkylation sites (tertiary alicyclic amines) is 1. The van der Waals surface area contributed by atoms with E-state index in [2.05, 4.69) is 22.0 Å². The van der Waals surface area contributed by atoms with Crippen molar-refractivity contribution in [3.05, 3.63) is 29.2 Å². The van der Waals surface area contributed by atoms with E-state index in [-0.39, 0.29) is 11.9 Å². The van der Waals surface area contributed by atoms with Gasteiger partial charge in [0.15, 0.2) is 0 Å². The Morgan fingerprint density at radius 3 is 2.60 bits per heavy atom. The molecule has 5 heteroatoms. The predicted octanol–water partition coefficient (Wildman–Crippen LogP) is 2.06. The predicted molar refractivity (Wildman–Crippen MR) is 77.7 cm³/mol. The van der Waals surface area contributed by atoms with E-state index in [9.17, 15) is 4.79 Å². The van der Waals surface area contributed by atoms with Gasteiger partial charge in [0.25, 0.3) is 5.91 Å². The van der Waals surface area contributed by atoms with Crippen LogP contribution in [0.1, 0.15) is 41.6 Å². The molecule has 5 nitrogen and oxygen atoms in total. The van der Waals surface area contributed by atoms with Gasteiger partial charge in [-0.2, -0.15) is 0 Å². The first-order valence-electron chi connectivity index (χ1n) is 7.08. The summed E-state index contributed by atoms with van der Waals surface area (Å²) in [7, 11) is 0. The lowest BCUT2D eigenvalue weighted by Gasteiger charge is -2.32. The third kappa shape index (κ3) is 3.48. The summed E-state index contributed by atoms with van der Waals surface area (Å²) in [5.41, 5.74) is 2.41. The average Bonchev–Trinajstić information content (AvgIpc) is 2.71. The number of hydrogen-bond donors (Lipinski definition) is 1. The lowest BCUT2D eigenvalue weighted by molar-refractivity contribution is 0.0911. The minimum Gasteiger partial charge on any atom is -0.361 e. The molecular formula is C15H23N3O2. The molecular weight excluding hydrogens is 254 g/mol. The lowest BCUT2D eigenvalue weighted by atomic mass is 10.0. The van der Waals surface area contributed by atoms with Crippen LogP contribution < -0.4 is 5.32 Å². The van der Waals surface area contributed by atoms with E-state index in [4.69, 9.17) is 4.52 Å². The number of piperidine rings is 1. The molecule has 1 aliphatic heterocycles. The minimum atomic E-state index is -0.0698. The maximum absolute atomic E-state index is 12.2. The highest BCUT2D eigenvalue weighted by Crippen LogP contribution is 2.15. The molecule has 0 saturated carbocycles. The summed E-state index contributed by atoms with van der Waals surface area (Å²) in [6.45, 7) is 12.5. The van der Waals surface area contributed by atoms with Crippen LogP contribution in [0.4, 0.5) is 0 Å². The number of nitrogens with zero attached hydrogens (tertiary/aromatic N) is 2. The fourth-order valence-electron chi connectivity index (χ4n) is 2.68. The average molecular weight is 277 g/mol. The zero-order valence-electron chi connectivity index (χ0n) is 12.5. The molecule has 0 spiro atoms. The molecule has 110 valence electrons. The molecule has 0 unspecified atom stereocenters. The Bertz CT molecular complexity index is 480. The Morgan fingerprint density at radius 2 is 2.10 bits per heavy atom. The van der Waals surface area contributed by atoms with E-state index >= 15 is 0 Å². The number of carbonyl (C=O) groups excluding carboxylic acids is 1. The Labute approximate surface area is 120 Å². The van der Waals surface area contributed by atoms with E-state index in [1.807, 2.05) is 6.92 Å². The van der Waals surface area contributed by atoms with Gasteiger partial charge >= 0.3 is 0 Å². The number of aryl methyl sites for hydroxylation is 2. The Hall–Kier alpha value is -1.62. The Balaban J connectivity index is 1.87. The van der Waals surface area contributed by atoms with Crippen LogP contribution in [0.3, 0.4) is 0 Å². The Morgan fingerprint density at radius 1 is 1.45 bits per heavy atom. The first-order valence-corrected chi connectivity index (χ1v) is 7.08. The van der Waals surface area contributed by atoms with Crippen molar-refractivity contribution in [2.75, 3.05) is 19.6 Å². The molecule has 20 heavy (non-hydrogen) atoms. The normalized spacial score (nSPS) is 17.1. The third-order valence-corrected chi connectivity index (χ3v) is 3.68. The van der Waals surface area contributed by atoms with E-state index in [0.717, 1.165) is 32.5 Å². The van der Waals surface area contributed by atoms with E-state index in [1.165, 1.54) is 5.57 Å². The molecule has 0 bridgehead atoms. The van der Waals surface area contributed by atoms with Gasteiger partial charge in [0, 0.05) is 25.7 Å². The summed E-state index contributed by atoms with van der Waals surface area (Å²) < 4.78 is 5.04. The van der Waals surface area contributed by atoms with Crippen LogP contribution in [-0.4, -0.2) is 41.6 Å². The second-order valence-corrected chi connectivity index (χ2v) is 5.68. The lowest BCUT2D eigenvalue weighted by Crippen LogP contribution is -2.45. The van der Waals surface area contributed by atoms with Crippen molar-refractivity contribution >= 4 is 5.91 Å². The molecule has 1 fully saturated rings. The third-order valence-electron chi connectivity index (χ3n) is 3.68. The van der Waals surface area contributed by atoms with Crippen LogP contribution in [0.15, 0.2) is 16.7 Å². The van der Waals surface area contributed by atoms with Gasteiger partial charge in [-0.15, -0.1) is 0 Å². The first kappa shape index (κ1) is 14.8. The summed E-state index contributed by atoms with van der Waals surface area (Å²) in [5.74, 6) is 0.513. The van der Waals surface area contributed by atoms with Crippen molar-refractivity contribution in [3.63, 3.8) is 0 Å². The molecule has 1 amide bonds. The first-order chi connectivity index (χ1) is 9.47. The number of aromatic nitrogens is 1. The largest absolute Gasteiger partial charge is 0.361 e. The van der Waals surface area contributed by atoms with Crippen molar-refractivity contribution in [1.29, 1.82) is 0 Å². The minimum absolute atomic E-state index is 0.0698. The zero-order chi connectivity index (χ0) is 14.7. The van der Waals surface area contributed by atoms with Crippen molar-refractivity contribution in [2.45, 2.75) is 39.7 Å². The molecule has 1 aliphatic rings. The van der Waals surface area contributed by atoms with Crippen LogP contribution in [0, 0.1) is 13.8 Å². The summed E-state index contributed by atoms with van der Waals surface area (Å²) in [6, 6.07) is 0.234. The maximum atomic E-state index is 12.2. The van der Waals surface area contributed by atoms with Crippen molar-refractivity contribution < 1.29 is 9.32 Å². The van der Waals surface area contributed by atoms with Crippen molar-refractivity contribution in [2.24, 2.45) is 0 Å². The number of amides is 1. The highest BCUT2D eigenvalue weighted by Gasteiger charge is 2.24. The van der Waals surface area contributed by atoms with E-state index in [1.54, 1.807) is 13.8 Å². The van der Waals surface area contributed by atoms with Crippen LogP contribution >= 0.6 is 0 Å². The number of carbonyl (C=O) groups is 1. The van der Waals surface area contributed by atoms with Crippen LogP contribution in [0.5, 0.6) is 0 Å². The smallest absolute Gasteiger partial charge is 0.257 e. The van der Waals surface area contributed by atoms with Gasteiger partial charge in [-0.05, 0) is 33.6 Å². The standard InChI is InChI=1S/C15H23N3O2/c1-10(2)9-18-7-5-13(6-8-18)16-15(19)14-11(3)17-20-12(14)4/h13H,1,5-9H2,2-4H3,(H,16,19). The number of nitrogens with one attached hydrogen (secondary N) is 1. The quantitative estimate of drug-likeness (QED) is 0.856. The fraction of sp³-hybridized carbons (Fsp3) is 0.600. The van der Waals surface area contributed by atoms with Crippen LogP contribution in [0.25, 0.3) is 0 Å². The molecule has 0 atom stereocenters. The van der Waals surface area contributed by atoms with Crippen LogP contribution in [0.2, 0.25) is 0 Å². The summed E-state index contributed by atoms with van der Waals surface area (Å²) in [6.07, 6.45) is 1.95. The Kier molecular flexibility index (Phi) is 4.60. The second-order valence-electron chi connectivity index (χ2n) is 5.68. The highest BCUT2D eigenvalue weighted by atomic mass is 16.5. The summed E-state index contributed by atoms with van der Waals surface area (Å²) in [5, 5.41) is 6.91. The molecule has 2 rings (SSSR count). The topological polar surface area (TPSA) is 58.4 Å². The molecule has 2 heterocycles. The highest BCUT2D eigenvalue weighted by molar-refractivity contribution is 5.96. The van der Waals surface area contributed by atoms with Gasteiger partial charge < -0.3 is 9.84 Å². The molecule has 0 radical (unpaired) electrons. The van der Waals surface area contributed by atoms with E-state index in [0.29, 0.717) is 17.0 Å². The van der Waals surface area contributed by atoms with Gasteiger partial charge in [0.2, 0.25) is 0 Å². The SMILES string of the molecule is C=C(C)CN1CCC(NC(=O)c2c(C)noc2C)CC1. The fourth-order valence-corrected chi connectivity index (χ4v) is 2.68. The molecule has 1 aromatic heterocycles. The van der Waals surface area contributed by atoms with Crippen molar-refractivity contribution in [1.82, 2.24) is 15.4 Å². The van der Waals surface area contributed by atoms with Gasteiger partial charge in [-0.3, -0.25) is 9.69 Å². The molecule has 0 aromatic carbocycles. The monoisotopic (exact) mass is 277 g/mol. The summed E-state index contributed by atoms with van der Waals surface area (Å²) >= 11 is 0. The number of hydrogen-bond acceptors (Lipinski definition) is 4. The molecule has 1 saturated heterocycles. The maximum Gasteiger partial charge on any atom is 0.257 e. The molecule has 0 aliphatic carbocycles. The van der Waals surface area contributed by atoms with Crippen molar-refractivity contribution in [3.8, 4) is 0 Å². The van der Waals surface area contributed by atoms with Gasteiger partial charge in [0.05, 0.1) is 5.69 Å². The van der Waals surface area contributed by atoms with Gasteiger partial charge in [-0.1, -0.05) is 17.3 Å².